The maximum atomic E-state index is 2.32. The minimum absolute atomic E-state index is 0.860. The predicted molar refractivity (Wildman–Crippen MR) is 80.5 cm³/mol. The lowest BCUT2D eigenvalue weighted by Gasteiger charge is -2.29. The highest BCUT2D eigenvalue weighted by Gasteiger charge is 2.22. The summed E-state index contributed by atoms with van der Waals surface area (Å²) in [5.74, 6) is 0.860. The number of allylic oxidation sites excluding steroid dienone is 2. The maximum Gasteiger partial charge on any atom is -0.0197 e. The summed E-state index contributed by atoms with van der Waals surface area (Å²) in [4.78, 5) is 0. The molecule has 0 amide bonds. The minimum Gasteiger partial charge on any atom is -0.0654 e. The molecule has 1 aliphatic carbocycles. The highest BCUT2D eigenvalue weighted by molar-refractivity contribution is 5.69. The lowest BCUT2D eigenvalue weighted by atomic mass is 9.76. The summed E-state index contributed by atoms with van der Waals surface area (Å²) >= 11 is 0. The molecule has 0 heteroatoms. The first-order valence-electron chi connectivity index (χ1n) is 7.64. The van der Waals surface area contributed by atoms with E-state index in [2.05, 4.69) is 44.2 Å². The molecule has 1 aliphatic rings. The van der Waals surface area contributed by atoms with Crippen molar-refractivity contribution in [2.24, 2.45) is 5.92 Å². The van der Waals surface area contributed by atoms with E-state index < -0.39 is 0 Å². The Balaban J connectivity index is 2.34. The predicted octanol–water partition coefficient (Wildman–Crippen LogP) is 5.84. The van der Waals surface area contributed by atoms with Crippen LogP contribution in [0.1, 0.15) is 64.4 Å². The Morgan fingerprint density at radius 3 is 2.50 bits per heavy atom. The van der Waals surface area contributed by atoms with Gasteiger partial charge in [0.25, 0.3) is 0 Å². The first-order chi connectivity index (χ1) is 8.86. The van der Waals surface area contributed by atoms with Crippen LogP contribution >= 0.6 is 0 Å². The molecule has 2 rings (SSSR count). The van der Waals surface area contributed by atoms with E-state index in [0.717, 1.165) is 5.92 Å². The van der Waals surface area contributed by atoms with Crippen molar-refractivity contribution in [3.05, 3.63) is 41.5 Å². The molecule has 0 aliphatic heterocycles. The minimum atomic E-state index is 0.860. The van der Waals surface area contributed by atoms with Crippen molar-refractivity contribution >= 4 is 5.57 Å². The van der Waals surface area contributed by atoms with Gasteiger partial charge in [0, 0.05) is 0 Å². The molecule has 0 bridgehead atoms. The molecule has 0 aromatic heterocycles. The fraction of sp³-hybridized carbons (Fsp3) is 0.556. The fourth-order valence-electron chi connectivity index (χ4n) is 3.37. The van der Waals surface area contributed by atoms with Gasteiger partial charge in [0.2, 0.25) is 0 Å². The number of benzene rings is 1. The molecule has 0 saturated carbocycles. The highest BCUT2D eigenvalue weighted by Crippen LogP contribution is 2.40. The van der Waals surface area contributed by atoms with Gasteiger partial charge < -0.3 is 0 Å². The van der Waals surface area contributed by atoms with Crippen LogP contribution in [0.5, 0.6) is 0 Å². The molecule has 0 spiro atoms. The highest BCUT2D eigenvalue weighted by atomic mass is 14.3. The quantitative estimate of drug-likeness (QED) is 0.608. The Morgan fingerprint density at radius 1 is 1.06 bits per heavy atom. The van der Waals surface area contributed by atoms with E-state index >= 15 is 0 Å². The summed E-state index contributed by atoms with van der Waals surface area (Å²) in [6.45, 7) is 4.63. The van der Waals surface area contributed by atoms with Crippen LogP contribution in [0.15, 0.2) is 35.9 Å². The zero-order valence-corrected chi connectivity index (χ0v) is 11.9. The molecule has 1 atom stereocenters. The Kier molecular flexibility index (Phi) is 5.04. The Morgan fingerprint density at radius 2 is 1.83 bits per heavy atom. The molecule has 0 saturated heterocycles. The van der Waals surface area contributed by atoms with E-state index in [0.29, 0.717) is 0 Å². The van der Waals surface area contributed by atoms with Crippen molar-refractivity contribution in [2.45, 2.75) is 58.8 Å². The molecule has 18 heavy (non-hydrogen) atoms. The van der Waals surface area contributed by atoms with Gasteiger partial charge in [0.1, 0.15) is 0 Å². The number of hydrogen-bond donors (Lipinski definition) is 0. The fourth-order valence-corrected chi connectivity index (χ4v) is 3.37. The second-order valence-corrected chi connectivity index (χ2v) is 5.50. The van der Waals surface area contributed by atoms with Crippen LogP contribution in [0.4, 0.5) is 0 Å². The lowest BCUT2D eigenvalue weighted by Crippen LogP contribution is -2.12. The van der Waals surface area contributed by atoms with Gasteiger partial charge in [0.15, 0.2) is 0 Å². The third-order valence-electron chi connectivity index (χ3n) is 4.14. The first-order valence-corrected chi connectivity index (χ1v) is 7.64. The maximum absolute atomic E-state index is 2.32. The smallest absolute Gasteiger partial charge is 0.0197 e. The average Bonchev–Trinajstić information content (AvgIpc) is 2.42. The van der Waals surface area contributed by atoms with Crippen LogP contribution < -0.4 is 0 Å². The summed E-state index contributed by atoms with van der Waals surface area (Å²) in [5.41, 5.74) is 4.92. The monoisotopic (exact) mass is 242 g/mol. The molecule has 98 valence electrons. The van der Waals surface area contributed by atoms with Crippen molar-refractivity contribution in [3.8, 4) is 0 Å². The summed E-state index contributed by atoms with van der Waals surface area (Å²) in [7, 11) is 0. The molecule has 0 N–H and O–H groups in total. The van der Waals surface area contributed by atoms with E-state index in [1.54, 1.807) is 11.1 Å². The molecule has 1 aromatic carbocycles. The second-order valence-electron chi connectivity index (χ2n) is 5.50. The summed E-state index contributed by atoms with van der Waals surface area (Å²) in [6, 6.07) is 11.1. The normalized spacial score (nSPS) is 20.2. The third kappa shape index (κ3) is 3.04. The number of hydrogen-bond acceptors (Lipinski definition) is 0. The molecular weight excluding hydrogens is 216 g/mol. The van der Waals surface area contributed by atoms with Gasteiger partial charge in [-0.3, -0.25) is 0 Å². The third-order valence-corrected chi connectivity index (χ3v) is 4.14. The molecule has 1 aromatic rings. The zero-order chi connectivity index (χ0) is 12.8. The summed E-state index contributed by atoms with van der Waals surface area (Å²) < 4.78 is 0. The van der Waals surface area contributed by atoms with Gasteiger partial charge in [-0.15, -0.1) is 0 Å². The Hall–Kier alpha value is -1.04. The van der Waals surface area contributed by atoms with Gasteiger partial charge in [0.05, 0.1) is 0 Å². The van der Waals surface area contributed by atoms with Crippen molar-refractivity contribution in [3.63, 3.8) is 0 Å². The van der Waals surface area contributed by atoms with Crippen molar-refractivity contribution in [1.82, 2.24) is 0 Å². The first kappa shape index (κ1) is 13.4. The topological polar surface area (TPSA) is 0 Å². The van der Waals surface area contributed by atoms with Gasteiger partial charge in [-0.25, -0.2) is 0 Å². The van der Waals surface area contributed by atoms with Gasteiger partial charge >= 0.3 is 0 Å². The van der Waals surface area contributed by atoms with Crippen molar-refractivity contribution in [1.29, 1.82) is 0 Å². The van der Waals surface area contributed by atoms with Crippen LogP contribution in [0, 0.1) is 5.92 Å². The number of rotatable bonds is 5. The van der Waals surface area contributed by atoms with Crippen LogP contribution in [0.25, 0.3) is 5.57 Å². The largest absolute Gasteiger partial charge is 0.0654 e. The van der Waals surface area contributed by atoms with Crippen LogP contribution in [-0.4, -0.2) is 0 Å². The van der Waals surface area contributed by atoms with Gasteiger partial charge in [-0.1, -0.05) is 62.6 Å². The summed E-state index contributed by atoms with van der Waals surface area (Å²) in [5, 5.41) is 0. The molecule has 0 nitrogen and oxygen atoms in total. The standard InChI is InChI=1S/C18H26/c1-3-9-15-13-8-14-18(17(15)10-4-2)16-11-6-5-7-12-16/h5-7,11-12,15H,3-4,8-10,13-14H2,1-2H3. The van der Waals surface area contributed by atoms with Gasteiger partial charge in [-0.05, 0) is 49.2 Å². The zero-order valence-electron chi connectivity index (χ0n) is 11.9. The van der Waals surface area contributed by atoms with E-state index in [1.165, 1.54) is 50.5 Å². The van der Waals surface area contributed by atoms with Gasteiger partial charge in [-0.2, -0.15) is 0 Å². The molecular formula is C18H26. The molecule has 0 radical (unpaired) electrons. The Bertz CT molecular complexity index is 386. The van der Waals surface area contributed by atoms with E-state index in [4.69, 9.17) is 0 Å². The average molecular weight is 242 g/mol. The summed E-state index contributed by atoms with van der Waals surface area (Å²) in [6.07, 6.45) is 9.37. The lowest BCUT2D eigenvalue weighted by molar-refractivity contribution is 0.463. The van der Waals surface area contributed by atoms with Crippen LogP contribution in [-0.2, 0) is 0 Å². The van der Waals surface area contributed by atoms with E-state index in [1.807, 2.05) is 0 Å². The van der Waals surface area contributed by atoms with E-state index in [-0.39, 0.29) is 0 Å². The van der Waals surface area contributed by atoms with E-state index in [9.17, 15) is 0 Å². The van der Waals surface area contributed by atoms with Crippen molar-refractivity contribution < 1.29 is 0 Å². The SMILES string of the molecule is CCCC1=C(c2ccccc2)CCCC1CCC. The second kappa shape index (κ2) is 6.78. The van der Waals surface area contributed by atoms with Crippen LogP contribution in [0.3, 0.4) is 0 Å². The van der Waals surface area contributed by atoms with Crippen LogP contribution in [0.2, 0.25) is 0 Å². The Labute approximate surface area is 112 Å². The molecule has 0 fully saturated rings. The molecule has 1 unspecified atom stereocenters. The molecule has 0 heterocycles. The van der Waals surface area contributed by atoms with Crippen molar-refractivity contribution in [2.75, 3.05) is 0 Å².